The standard InChI is InChI=1S/C24H28N2O5/c1-16(18-9-5-4-6-10-18)25-23(30)26-20(21(27)28)24(2,22(26)29)15-7-8-17-11-13-19(31-3)14-12-17/h4-6,9-14,16,20H,7-8,15H2,1-3H3,(H,25,30)(H,27,28)/t16-,20-,24-/m1/s1. The van der Waals surface area contributed by atoms with Crippen LogP contribution in [0.2, 0.25) is 0 Å². The first-order valence-corrected chi connectivity index (χ1v) is 10.3. The molecule has 1 heterocycles. The number of β-lactam (4-membered cyclic amide) rings is 1. The topological polar surface area (TPSA) is 95.9 Å². The second-order valence-electron chi connectivity index (χ2n) is 8.12. The SMILES string of the molecule is COc1ccc(CCC[C@@]2(C)C(=O)N(C(=O)N[C@H](C)c3ccccc3)[C@@H]2C(=O)O)cc1. The van der Waals surface area contributed by atoms with Crippen LogP contribution in [-0.2, 0) is 16.0 Å². The fraction of sp³-hybridized carbons (Fsp3) is 0.375. The number of nitrogens with zero attached hydrogens (tertiary/aromatic N) is 1. The van der Waals surface area contributed by atoms with E-state index in [1.807, 2.05) is 54.6 Å². The van der Waals surface area contributed by atoms with E-state index >= 15 is 0 Å². The maximum atomic E-state index is 12.9. The molecule has 1 aliphatic rings. The smallest absolute Gasteiger partial charge is 0.328 e. The first kappa shape index (κ1) is 22.3. The number of methoxy groups -OCH3 is 1. The molecule has 0 aromatic heterocycles. The van der Waals surface area contributed by atoms with E-state index in [4.69, 9.17) is 4.74 Å². The highest BCUT2D eigenvalue weighted by Gasteiger charge is 2.63. The number of aryl methyl sites for hydroxylation is 1. The molecule has 164 valence electrons. The number of amides is 3. The van der Waals surface area contributed by atoms with Crippen molar-refractivity contribution in [3.63, 3.8) is 0 Å². The average Bonchev–Trinajstić information content (AvgIpc) is 2.77. The highest BCUT2D eigenvalue weighted by atomic mass is 16.5. The third kappa shape index (κ3) is 4.55. The first-order valence-electron chi connectivity index (χ1n) is 10.3. The quantitative estimate of drug-likeness (QED) is 0.629. The Morgan fingerprint density at radius 2 is 1.81 bits per heavy atom. The van der Waals surface area contributed by atoms with Gasteiger partial charge >= 0.3 is 12.0 Å². The number of nitrogens with one attached hydrogen (secondary N) is 1. The number of likely N-dealkylation sites (tertiary alicyclic amines) is 1. The van der Waals surface area contributed by atoms with Crippen molar-refractivity contribution in [1.29, 1.82) is 0 Å². The third-order valence-electron chi connectivity index (χ3n) is 5.98. The molecule has 0 radical (unpaired) electrons. The number of hydrogen-bond acceptors (Lipinski definition) is 4. The Kier molecular flexibility index (Phi) is 6.63. The normalized spacial score (nSPS) is 21.2. The number of urea groups is 1. The zero-order chi connectivity index (χ0) is 22.6. The van der Waals surface area contributed by atoms with E-state index in [-0.39, 0.29) is 6.04 Å². The Balaban J connectivity index is 1.63. The molecule has 2 N–H and O–H groups in total. The number of carbonyl (C=O) groups is 3. The minimum atomic E-state index is -1.18. The monoisotopic (exact) mass is 424 g/mol. The molecule has 31 heavy (non-hydrogen) atoms. The van der Waals surface area contributed by atoms with Gasteiger partial charge in [0, 0.05) is 0 Å². The maximum absolute atomic E-state index is 12.9. The fourth-order valence-electron chi connectivity index (χ4n) is 4.10. The molecule has 0 bridgehead atoms. The van der Waals surface area contributed by atoms with Crippen molar-refractivity contribution in [3.05, 3.63) is 65.7 Å². The zero-order valence-electron chi connectivity index (χ0n) is 18.0. The van der Waals surface area contributed by atoms with Gasteiger partial charge in [-0.2, -0.15) is 0 Å². The molecule has 2 aromatic carbocycles. The van der Waals surface area contributed by atoms with Crippen LogP contribution in [0, 0.1) is 5.41 Å². The number of benzene rings is 2. The number of hydrogen-bond donors (Lipinski definition) is 2. The lowest BCUT2D eigenvalue weighted by Crippen LogP contribution is -2.73. The molecule has 0 saturated carbocycles. The van der Waals surface area contributed by atoms with Crippen LogP contribution in [0.25, 0.3) is 0 Å². The number of aliphatic carboxylic acids is 1. The molecule has 3 rings (SSSR count). The van der Waals surface area contributed by atoms with Gasteiger partial charge in [-0.05, 0) is 56.4 Å². The van der Waals surface area contributed by atoms with Crippen molar-refractivity contribution < 1.29 is 24.2 Å². The lowest BCUT2D eigenvalue weighted by atomic mass is 9.68. The Morgan fingerprint density at radius 1 is 1.16 bits per heavy atom. The number of carbonyl (C=O) groups excluding carboxylic acids is 2. The molecule has 1 aliphatic heterocycles. The lowest BCUT2D eigenvalue weighted by molar-refractivity contribution is -0.177. The summed E-state index contributed by atoms with van der Waals surface area (Å²) in [7, 11) is 1.60. The maximum Gasteiger partial charge on any atom is 0.328 e. The second-order valence-corrected chi connectivity index (χ2v) is 8.12. The summed E-state index contributed by atoms with van der Waals surface area (Å²) in [6, 6.07) is 14.7. The molecule has 3 amide bonds. The number of carboxylic acids is 1. The van der Waals surface area contributed by atoms with Gasteiger partial charge in [0.15, 0.2) is 6.04 Å². The molecule has 7 heteroatoms. The predicted molar refractivity (Wildman–Crippen MR) is 116 cm³/mol. The van der Waals surface area contributed by atoms with E-state index in [0.717, 1.165) is 21.8 Å². The summed E-state index contributed by atoms with van der Waals surface area (Å²) >= 11 is 0. The first-order chi connectivity index (χ1) is 14.8. The Hall–Kier alpha value is -3.35. The molecule has 0 aliphatic carbocycles. The van der Waals surface area contributed by atoms with Crippen molar-refractivity contribution in [1.82, 2.24) is 10.2 Å². The molecular formula is C24H28N2O5. The molecule has 2 aromatic rings. The van der Waals surface area contributed by atoms with Crippen LogP contribution in [0.1, 0.15) is 43.9 Å². The van der Waals surface area contributed by atoms with E-state index < -0.39 is 29.4 Å². The van der Waals surface area contributed by atoms with Crippen molar-refractivity contribution in [2.45, 2.75) is 45.2 Å². The second kappa shape index (κ2) is 9.20. The molecule has 1 saturated heterocycles. The van der Waals surface area contributed by atoms with Gasteiger partial charge in [-0.15, -0.1) is 0 Å². The van der Waals surface area contributed by atoms with Crippen LogP contribution in [0.4, 0.5) is 4.79 Å². The Labute approximate surface area is 182 Å². The van der Waals surface area contributed by atoms with Crippen LogP contribution in [-0.4, -0.2) is 41.1 Å². The van der Waals surface area contributed by atoms with Crippen LogP contribution in [0.3, 0.4) is 0 Å². The van der Waals surface area contributed by atoms with E-state index in [1.54, 1.807) is 21.0 Å². The van der Waals surface area contributed by atoms with Crippen molar-refractivity contribution in [2.75, 3.05) is 7.11 Å². The summed E-state index contributed by atoms with van der Waals surface area (Å²) < 4.78 is 5.15. The highest BCUT2D eigenvalue weighted by molar-refractivity contribution is 6.09. The zero-order valence-corrected chi connectivity index (χ0v) is 18.0. The molecule has 0 spiro atoms. The molecular weight excluding hydrogens is 396 g/mol. The number of ether oxygens (including phenoxy) is 1. The predicted octanol–water partition coefficient (Wildman–Crippen LogP) is 3.79. The number of rotatable bonds is 8. The van der Waals surface area contributed by atoms with Gasteiger partial charge in [-0.1, -0.05) is 42.5 Å². The van der Waals surface area contributed by atoms with Crippen LogP contribution >= 0.6 is 0 Å². The van der Waals surface area contributed by atoms with Crippen molar-refractivity contribution in [2.24, 2.45) is 5.41 Å². The van der Waals surface area contributed by atoms with Gasteiger partial charge < -0.3 is 15.2 Å². The van der Waals surface area contributed by atoms with Crippen molar-refractivity contribution in [3.8, 4) is 5.75 Å². The van der Waals surface area contributed by atoms with Gasteiger partial charge in [0.2, 0.25) is 5.91 Å². The summed E-state index contributed by atoms with van der Waals surface area (Å²) in [5.41, 5.74) is 0.846. The minimum absolute atomic E-state index is 0.349. The Bertz CT molecular complexity index is 944. The highest BCUT2D eigenvalue weighted by Crippen LogP contribution is 2.43. The third-order valence-corrected chi connectivity index (χ3v) is 5.98. The minimum Gasteiger partial charge on any atom is -0.497 e. The van der Waals surface area contributed by atoms with Gasteiger partial charge in [0.25, 0.3) is 0 Å². The van der Waals surface area contributed by atoms with Gasteiger partial charge in [-0.25, -0.2) is 14.5 Å². The van der Waals surface area contributed by atoms with E-state index in [0.29, 0.717) is 19.3 Å². The van der Waals surface area contributed by atoms with E-state index in [2.05, 4.69) is 5.32 Å². The number of imide groups is 1. The van der Waals surface area contributed by atoms with Crippen molar-refractivity contribution >= 4 is 17.9 Å². The molecule has 3 atom stereocenters. The largest absolute Gasteiger partial charge is 0.497 e. The summed E-state index contributed by atoms with van der Waals surface area (Å²) in [5.74, 6) is -0.858. The van der Waals surface area contributed by atoms with Gasteiger partial charge in [-0.3, -0.25) is 4.79 Å². The summed E-state index contributed by atoms with van der Waals surface area (Å²) in [5, 5.41) is 12.5. The molecule has 0 unspecified atom stereocenters. The van der Waals surface area contributed by atoms with Gasteiger partial charge in [0.05, 0.1) is 18.6 Å². The van der Waals surface area contributed by atoms with Crippen LogP contribution in [0.15, 0.2) is 54.6 Å². The van der Waals surface area contributed by atoms with E-state index in [1.165, 1.54) is 0 Å². The lowest BCUT2D eigenvalue weighted by Gasteiger charge is -2.50. The summed E-state index contributed by atoms with van der Waals surface area (Å²) in [6.45, 7) is 3.42. The number of carboxylic acid groups (broad SMARTS) is 1. The summed E-state index contributed by atoms with van der Waals surface area (Å²) in [6.07, 6.45) is 1.72. The van der Waals surface area contributed by atoms with E-state index in [9.17, 15) is 19.5 Å². The Morgan fingerprint density at radius 3 is 2.39 bits per heavy atom. The van der Waals surface area contributed by atoms with Crippen LogP contribution < -0.4 is 10.1 Å². The molecule has 1 fully saturated rings. The molecule has 7 nitrogen and oxygen atoms in total. The summed E-state index contributed by atoms with van der Waals surface area (Å²) in [4.78, 5) is 38.3. The average molecular weight is 424 g/mol. The fourth-order valence-corrected chi connectivity index (χ4v) is 4.10. The van der Waals surface area contributed by atoms with Crippen LogP contribution in [0.5, 0.6) is 5.75 Å². The van der Waals surface area contributed by atoms with Gasteiger partial charge in [0.1, 0.15) is 5.75 Å².